The number of amides is 1. The fraction of sp³-hybridized carbons (Fsp3) is 0.957. The van der Waals surface area contributed by atoms with Crippen molar-refractivity contribution in [2.45, 2.75) is 104 Å². The normalized spacial score (nSPS) is 20.0. The molecule has 1 aliphatic heterocycles. The first-order chi connectivity index (χ1) is 13.0. The van der Waals surface area contributed by atoms with Crippen LogP contribution in [0.25, 0.3) is 0 Å². The summed E-state index contributed by atoms with van der Waals surface area (Å²) in [5.74, 6) is 0.329. The molecule has 1 heterocycles. The first kappa shape index (κ1) is 23.6. The van der Waals surface area contributed by atoms with Gasteiger partial charge in [0, 0.05) is 32.9 Å². The maximum Gasteiger partial charge on any atom is 0.229 e. The molecule has 0 atom stereocenters. The number of carbonyl (C=O) groups is 1. The minimum absolute atomic E-state index is 0.0462. The van der Waals surface area contributed by atoms with Crippen molar-refractivity contribution < 1.29 is 19.0 Å². The fourth-order valence-electron chi connectivity index (χ4n) is 3.92. The summed E-state index contributed by atoms with van der Waals surface area (Å²) < 4.78 is 17.5. The number of hydrogen-bond donors (Lipinski definition) is 0. The van der Waals surface area contributed by atoms with Crippen molar-refractivity contribution in [3.05, 3.63) is 0 Å². The summed E-state index contributed by atoms with van der Waals surface area (Å²) in [4.78, 5) is 15.0. The Labute approximate surface area is 172 Å². The van der Waals surface area contributed by atoms with Crippen LogP contribution in [0.3, 0.4) is 0 Å². The van der Waals surface area contributed by atoms with Gasteiger partial charge in [-0.1, -0.05) is 6.42 Å². The maximum absolute atomic E-state index is 13.0. The van der Waals surface area contributed by atoms with Crippen molar-refractivity contribution in [1.82, 2.24) is 4.90 Å². The summed E-state index contributed by atoms with van der Waals surface area (Å²) >= 11 is 0. The monoisotopic (exact) mass is 397 g/mol. The second kappa shape index (κ2) is 9.90. The Kier molecular flexibility index (Phi) is 8.36. The highest BCUT2D eigenvalue weighted by molar-refractivity contribution is 5.84. The zero-order valence-corrected chi connectivity index (χ0v) is 19.1. The third-order valence-electron chi connectivity index (χ3n) is 5.61. The van der Waals surface area contributed by atoms with E-state index < -0.39 is 0 Å². The van der Waals surface area contributed by atoms with E-state index in [0.29, 0.717) is 12.5 Å². The summed E-state index contributed by atoms with van der Waals surface area (Å²) in [6, 6.07) is 0. The summed E-state index contributed by atoms with van der Waals surface area (Å²) in [5, 5.41) is 0. The molecule has 0 radical (unpaired) electrons. The van der Waals surface area contributed by atoms with Gasteiger partial charge in [0.15, 0.2) is 0 Å². The first-order valence-electron chi connectivity index (χ1n) is 11.2. The average Bonchev–Trinajstić information content (AvgIpc) is 2.48. The molecule has 2 fully saturated rings. The first-order valence-corrected chi connectivity index (χ1v) is 11.2. The van der Waals surface area contributed by atoms with Crippen molar-refractivity contribution in [3.8, 4) is 0 Å². The number of likely N-dealkylation sites (tertiary alicyclic amines) is 1. The third kappa shape index (κ3) is 7.64. The number of rotatable bonds is 11. The van der Waals surface area contributed by atoms with Gasteiger partial charge in [0.25, 0.3) is 0 Å². The number of nitrogens with zero attached hydrogens (tertiary/aromatic N) is 1. The molecule has 1 amide bonds. The van der Waals surface area contributed by atoms with Gasteiger partial charge in [0.05, 0.1) is 22.7 Å². The molecule has 0 aromatic carbocycles. The SMILES string of the molecule is CC(C)(C)OCCCCCOCCC1(C(=O)N2CC(OC(C)(C)C)C2)CCC1. The Balaban J connectivity index is 1.56. The summed E-state index contributed by atoms with van der Waals surface area (Å²) in [5.41, 5.74) is -0.344. The minimum Gasteiger partial charge on any atom is -0.381 e. The van der Waals surface area contributed by atoms with Crippen LogP contribution in [0.15, 0.2) is 0 Å². The van der Waals surface area contributed by atoms with Crippen LogP contribution in [-0.4, -0.2) is 61.0 Å². The number of ether oxygens (including phenoxy) is 3. The predicted octanol–water partition coefficient (Wildman–Crippen LogP) is 4.57. The van der Waals surface area contributed by atoms with Crippen LogP contribution in [0.2, 0.25) is 0 Å². The molecule has 0 unspecified atom stereocenters. The molecule has 0 spiro atoms. The quantitative estimate of drug-likeness (QED) is 0.479. The van der Waals surface area contributed by atoms with Gasteiger partial charge in [0.1, 0.15) is 0 Å². The molecule has 5 nitrogen and oxygen atoms in total. The summed E-state index contributed by atoms with van der Waals surface area (Å²) in [7, 11) is 0. The van der Waals surface area contributed by atoms with Crippen LogP contribution in [0.4, 0.5) is 0 Å². The average molecular weight is 398 g/mol. The van der Waals surface area contributed by atoms with Gasteiger partial charge >= 0.3 is 0 Å². The smallest absolute Gasteiger partial charge is 0.229 e. The highest BCUT2D eigenvalue weighted by atomic mass is 16.5. The van der Waals surface area contributed by atoms with Gasteiger partial charge in [0.2, 0.25) is 5.91 Å². The highest BCUT2D eigenvalue weighted by Gasteiger charge is 2.48. The van der Waals surface area contributed by atoms with Gasteiger partial charge < -0.3 is 19.1 Å². The Hall–Kier alpha value is -0.650. The van der Waals surface area contributed by atoms with Crippen LogP contribution in [0.1, 0.15) is 86.5 Å². The lowest BCUT2D eigenvalue weighted by Gasteiger charge is -2.49. The van der Waals surface area contributed by atoms with Gasteiger partial charge in [-0.05, 0) is 80.1 Å². The topological polar surface area (TPSA) is 48.0 Å². The molecule has 5 heteroatoms. The maximum atomic E-state index is 13.0. The van der Waals surface area contributed by atoms with Crippen molar-refractivity contribution in [2.24, 2.45) is 5.41 Å². The van der Waals surface area contributed by atoms with E-state index in [0.717, 1.165) is 71.2 Å². The Morgan fingerprint density at radius 1 is 0.929 bits per heavy atom. The third-order valence-corrected chi connectivity index (χ3v) is 5.61. The van der Waals surface area contributed by atoms with E-state index in [1.54, 1.807) is 0 Å². The minimum atomic E-state index is -0.159. The Morgan fingerprint density at radius 3 is 2.11 bits per heavy atom. The van der Waals surface area contributed by atoms with Gasteiger partial charge in [-0.2, -0.15) is 0 Å². The van der Waals surface area contributed by atoms with Crippen LogP contribution >= 0.6 is 0 Å². The lowest BCUT2D eigenvalue weighted by molar-refractivity contribution is -0.172. The van der Waals surface area contributed by atoms with Crippen LogP contribution in [0.5, 0.6) is 0 Å². The second-order valence-electron chi connectivity index (χ2n) is 10.6. The van der Waals surface area contributed by atoms with Gasteiger partial charge in [-0.3, -0.25) is 4.79 Å². The van der Waals surface area contributed by atoms with E-state index >= 15 is 0 Å². The fourth-order valence-corrected chi connectivity index (χ4v) is 3.92. The highest BCUT2D eigenvalue weighted by Crippen LogP contribution is 2.46. The lowest BCUT2D eigenvalue weighted by atomic mass is 9.65. The van der Waals surface area contributed by atoms with Crippen molar-refractivity contribution in [3.63, 3.8) is 0 Å². The molecule has 0 bridgehead atoms. The predicted molar refractivity (Wildman–Crippen MR) is 112 cm³/mol. The second-order valence-corrected chi connectivity index (χ2v) is 10.6. The van der Waals surface area contributed by atoms with E-state index in [1.165, 1.54) is 0 Å². The number of carbonyl (C=O) groups excluding carboxylic acids is 1. The molecule has 2 rings (SSSR count). The van der Waals surface area contributed by atoms with E-state index in [9.17, 15) is 4.79 Å². The van der Waals surface area contributed by atoms with E-state index in [1.807, 2.05) is 4.90 Å². The number of hydrogen-bond acceptors (Lipinski definition) is 4. The lowest BCUT2D eigenvalue weighted by Crippen LogP contribution is -2.61. The molecule has 28 heavy (non-hydrogen) atoms. The Bertz CT molecular complexity index is 482. The largest absolute Gasteiger partial charge is 0.381 e. The van der Waals surface area contributed by atoms with Crippen LogP contribution in [0, 0.1) is 5.41 Å². The van der Waals surface area contributed by atoms with Gasteiger partial charge in [-0.15, -0.1) is 0 Å². The Morgan fingerprint density at radius 2 is 1.57 bits per heavy atom. The van der Waals surface area contributed by atoms with Crippen molar-refractivity contribution in [1.29, 1.82) is 0 Å². The van der Waals surface area contributed by atoms with Crippen molar-refractivity contribution in [2.75, 3.05) is 32.9 Å². The zero-order chi connectivity index (χ0) is 20.8. The molecule has 1 saturated heterocycles. The molecule has 1 aliphatic carbocycles. The van der Waals surface area contributed by atoms with Crippen LogP contribution < -0.4 is 0 Å². The molecular formula is C23H43NO4. The molecule has 1 saturated carbocycles. The number of unbranched alkanes of at least 4 members (excludes halogenated alkanes) is 2. The standard InChI is InChI=1S/C23H43NO4/c1-21(2,3)27-15-9-7-8-14-26-16-13-23(11-10-12-23)20(25)24-17-19(18-24)28-22(4,5)6/h19H,7-18H2,1-6H3. The molecule has 2 aliphatic rings. The molecule has 0 N–H and O–H groups in total. The van der Waals surface area contributed by atoms with Crippen LogP contribution in [-0.2, 0) is 19.0 Å². The van der Waals surface area contributed by atoms with Gasteiger partial charge in [-0.25, -0.2) is 0 Å². The molecular weight excluding hydrogens is 354 g/mol. The molecule has 164 valence electrons. The molecule has 0 aromatic rings. The van der Waals surface area contributed by atoms with E-state index in [2.05, 4.69) is 41.5 Å². The summed E-state index contributed by atoms with van der Waals surface area (Å²) in [6.45, 7) is 16.3. The molecule has 0 aromatic heterocycles. The van der Waals surface area contributed by atoms with E-state index in [-0.39, 0.29) is 22.7 Å². The zero-order valence-electron chi connectivity index (χ0n) is 19.1. The van der Waals surface area contributed by atoms with E-state index in [4.69, 9.17) is 14.2 Å². The summed E-state index contributed by atoms with van der Waals surface area (Å²) in [6.07, 6.45) is 7.52. The van der Waals surface area contributed by atoms with Crippen molar-refractivity contribution >= 4 is 5.91 Å².